The number of aliphatic imine (C=N–C) groups is 2. The van der Waals surface area contributed by atoms with Gasteiger partial charge in [0.15, 0.2) is 10.3 Å². The highest BCUT2D eigenvalue weighted by molar-refractivity contribution is 8.14. The van der Waals surface area contributed by atoms with Gasteiger partial charge in [0.25, 0.3) is 11.8 Å². The Hall–Kier alpha value is -4.04. The number of amides is 2. The molecule has 0 radical (unpaired) electrons. The number of thioether (sulfide) groups is 2. The topological polar surface area (TPSA) is 210 Å². The number of carboxylic acid groups (broad SMARTS) is 2. The molecule has 0 fully saturated rings. The molecule has 0 saturated carbocycles. The van der Waals surface area contributed by atoms with Crippen molar-refractivity contribution < 1.29 is 29.4 Å². The average Bonchev–Trinajstić information content (AvgIpc) is 3.58. The molecule has 2 aromatic carbocycles. The maximum absolute atomic E-state index is 12.1. The zero-order valence-corrected chi connectivity index (χ0v) is 23.7. The number of nitrogens with two attached hydrogens (primary N) is 2. The van der Waals surface area contributed by atoms with E-state index < -0.39 is 23.8 Å². The van der Waals surface area contributed by atoms with Crippen molar-refractivity contribution in [3.05, 3.63) is 70.8 Å². The molecule has 2 unspecified atom stereocenters. The second-order valence-corrected chi connectivity index (χ2v) is 11.1. The fourth-order valence-corrected chi connectivity index (χ4v) is 5.69. The van der Waals surface area contributed by atoms with Gasteiger partial charge in [-0.05, 0) is 43.5 Å². The van der Waals surface area contributed by atoms with Gasteiger partial charge < -0.3 is 32.3 Å². The Bertz CT molecular complexity index is 1240. The summed E-state index contributed by atoms with van der Waals surface area (Å²) < 4.78 is 0. The molecule has 2 aliphatic heterocycles. The van der Waals surface area contributed by atoms with Gasteiger partial charge in [-0.1, -0.05) is 47.8 Å². The van der Waals surface area contributed by atoms with Crippen molar-refractivity contribution >= 4 is 57.6 Å². The van der Waals surface area contributed by atoms with Crippen molar-refractivity contribution in [3.63, 3.8) is 0 Å². The van der Waals surface area contributed by atoms with E-state index >= 15 is 0 Å². The third kappa shape index (κ3) is 9.83. The van der Waals surface area contributed by atoms with E-state index in [1.165, 1.54) is 42.8 Å². The third-order valence-corrected chi connectivity index (χ3v) is 7.95. The van der Waals surface area contributed by atoms with Crippen LogP contribution in [0.15, 0.2) is 58.5 Å². The first kappa shape index (κ1) is 31.5. The molecule has 0 spiro atoms. The van der Waals surface area contributed by atoms with Crippen LogP contribution in [0.3, 0.4) is 0 Å². The van der Waals surface area contributed by atoms with E-state index in [2.05, 4.69) is 20.6 Å². The Morgan fingerprint density at radius 1 is 0.707 bits per heavy atom. The Morgan fingerprint density at radius 3 is 1.39 bits per heavy atom. The van der Waals surface area contributed by atoms with Gasteiger partial charge in [-0.25, -0.2) is 9.59 Å². The maximum Gasteiger partial charge on any atom is 0.336 e. The summed E-state index contributed by atoms with van der Waals surface area (Å²) >= 11 is 3.33. The lowest BCUT2D eigenvalue weighted by atomic mass is 10.1. The molecular weight excluding hydrogens is 568 g/mol. The highest BCUT2D eigenvalue weighted by atomic mass is 32.2. The largest absolute Gasteiger partial charge is 0.478 e. The van der Waals surface area contributed by atoms with E-state index in [1.807, 2.05) is 0 Å². The summed E-state index contributed by atoms with van der Waals surface area (Å²) in [5.41, 5.74) is 11.0. The molecule has 2 aromatic rings. The van der Waals surface area contributed by atoms with Gasteiger partial charge >= 0.3 is 11.9 Å². The molecule has 0 aromatic heterocycles. The minimum atomic E-state index is -1.21. The number of hydrogen-bond donors (Lipinski definition) is 6. The zero-order chi connectivity index (χ0) is 29.8. The van der Waals surface area contributed by atoms with Gasteiger partial charge in [-0.3, -0.25) is 19.6 Å². The van der Waals surface area contributed by atoms with Crippen molar-refractivity contribution in [1.29, 1.82) is 0 Å². The second-order valence-electron chi connectivity index (χ2n) is 9.01. The first-order valence-corrected chi connectivity index (χ1v) is 14.8. The molecule has 218 valence electrons. The standard InChI is InChI=1S/C18H16N2O6.C9H16N4S2/c21-15(11-5-1-3-7-13(11)17(23)24)19-9-10-20-16(22)12-6-2-4-8-14(12)18(25)26;10-8-12-6(4-14-8)2-1-3-7-5-15-9(11)13-7/h1-8H,9-10H2,(H,19,21)(H,20,22)(H,23,24)(H,25,26);6-7H,1-5H2,(H2,10,12)(H2,11,13). The van der Waals surface area contributed by atoms with Crippen LogP contribution in [0.25, 0.3) is 0 Å². The molecule has 4 rings (SSSR count). The van der Waals surface area contributed by atoms with Crippen LogP contribution in [0.2, 0.25) is 0 Å². The smallest absolute Gasteiger partial charge is 0.336 e. The quantitative estimate of drug-likeness (QED) is 0.207. The maximum atomic E-state index is 12.1. The van der Waals surface area contributed by atoms with Crippen molar-refractivity contribution in [2.75, 3.05) is 24.6 Å². The monoisotopic (exact) mass is 600 g/mol. The summed E-state index contributed by atoms with van der Waals surface area (Å²) in [5.74, 6) is -1.48. The van der Waals surface area contributed by atoms with Gasteiger partial charge in [-0.2, -0.15) is 0 Å². The minimum Gasteiger partial charge on any atom is -0.478 e. The fourth-order valence-electron chi connectivity index (χ4n) is 4.03. The number of rotatable bonds is 11. The number of carboxylic acids is 2. The molecule has 2 aliphatic rings. The van der Waals surface area contributed by atoms with Crippen LogP contribution in [0.4, 0.5) is 0 Å². The summed E-state index contributed by atoms with van der Waals surface area (Å²) in [7, 11) is 0. The van der Waals surface area contributed by atoms with Crippen LogP contribution < -0.4 is 22.1 Å². The van der Waals surface area contributed by atoms with Gasteiger partial charge in [0.1, 0.15) is 0 Å². The normalized spacial score (nSPS) is 17.5. The summed E-state index contributed by atoms with van der Waals surface area (Å²) in [6, 6.07) is 12.4. The van der Waals surface area contributed by atoms with E-state index in [1.54, 1.807) is 35.7 Å². The van der Waals surface area contributed by atoms with E-state index in [0.717, 1.165) is 34.7 Å². The number of hydrogen-bond acceptors (Lipinski definition) is 10. The first-order chi connectivity index (χ1) is 19.7. The summed E-state index contributed by atoms with van der Waals surface area (Å²) in [5, 5.41) is 24.6. The minimum absolute atomic E-state index is 0.0162. The number of benzene rings is 2. The molecular formula is C27H32N6O6S2. The van der Waals surface area contributed by atoms with Gasteiger partial charge in [-0.15, -0.1) is 0 Å². The Labute approximate surface area is 245 Å². The number of amidine groups is 2. The highest BCUT2D eigenvalue weighted by Gasteiger charge is 2.19. The number of nitrogens with one attached hydrogen (secondary N) is 2. The van der Waals surface area contributed by atoms with E-state index in [-0.39, 0.29) is 35.3 Å². The Balaban J connectivity index is 0.000000260. The van der Waals surface area contributed by atoms with Crippen molar-refractivity contribution in [2.24, 2.45) is 21.5 Å². The fraction of sp³-hybridized carbons (Fsp3) is 0.333. The molecule has 0 aliphatic carbocycles. The number of aromatic carboxylic acids is 2. The van der Waals surface area contributed by atoms with Gasteiger partial charge in [0, 0.05) is 24.6 Å². The van der Waals surface area contributed by atoms with Crippen LogP contribution >= 0.6 is 23.5 Å². The lowest BCUT2D eigenvalue weighted by Gasteiger charge is -2.10. The average molecular weight is 601 g/mol. The van der Waals surface area contributed by atoms with Crippen molar-refractivity contribution in [3.8, 4) is 0 Å². The molecule has 2 heterocycles. The van der Waals surface area contributed by atoms with Gasteiger partial charge in [0.05, 0.1) is 34.3 Å². The predicted octanol–water partition coefficient (Wildman–Crippen LogP) is 2.26. The molecule has 8 N–H and O–H groups in total. The summed E-state index contributed by atoms with van der Waals surface area (Å²) in [6.45, 7) is 0.0987. The molecule has 14 heteroatoms. The highest BCUT2D eigenvalue weighted by Crippen LogP contribution is 2.23. The summed E-state index contributed by atoms with van der Waals surface area (Å²) in [6.07, 6.45) is 3.43. The van der Waals surface area contributed by atoms with Crippen LogP contribution in [0, 0.1) is 0 Å². The van der Waals surface area contributed by atoms with E-state index in [4.69, 9.17) is 21.7 Å². The molecule has 0 bridgehead atoms. The second kappa shape index (κ2) is 15.7. The SMILES string of the molecule is NC1=NC(CCCC2CSC(N)=N2)CS1.O=C(O)c1ccccc1C(=O)NCCNC(=O)c1ccccc1C(=O)O. The van der Waals surface area contributed by atoms with Crippen LogP contribution in [-0.4, -0.2) is 81.0 Å². The zero-order valence-electron chi connectivity index (χ0n) is 22.1. The third-order valence-electron chi connectivity index (χ3n) is 6.04. The molecule has 12 nitrogen and oxygen atoms in total. The Morgan fingerprint density at radius 2 is 1.07 bits per heavy atom. The molecule has 2 atom stereocenters. The lowest BCUT2D eigenvalue weighted by molar-refractivity contribution is 0.0682. The van der Waals surface area contributed by atoms with Crippen LogP contribution in [0.1, 0.15) is 60.7 Å². The first-order valence-electron chi connectivity index (χ1n) is 12.8. The number of carbonyl (C=O) groups excluding carboxylic acids is 2. The summed E-state index contributed by atoms with van der Waals surface area (Å²) in [4.78, 5) is 55.1. The molecule has 0 saturated heterocycles. The number of carbonyl (C=O) groups is 4. The lowest BCUT2D eigenvalue weighted by Crippen LogP contribution is -2.35. The number of nitrogens with zero attached hydrogens (tertiary/aromatic N) is 2. The van der Waals surface area contributed by atoms with Crippen LogP contribution in [-0.2, 0) is 0 Å². The van der Waals surface area contributed by atoms with E-state index in [9.17, 15) is 19.2 Å². The van der Waals surface area contributed by atoms with Crippen LogP contribution in [0.5, 0.6) is 0 Å². The predicted molar refractivity (Wildman–Crippen MR) is 161 cm³/mol. The van der Waals surface area contributed by atoms with Crippen molar-refractivity contribution in [1.82, 2.24) is 10.6 Å². The molecule has 2 amide bonds. The molecule has 41 heavy (non-hydrogen) atoms. The van der Waals surface area contributed by atoms with Crippen molar-refractivity contribution in [2.45, 2.75) is 31.3 Å². The van der Waals surface area contributed by atoms with Gasteiger partial charge in [0.2, 0.25) is 0 Å². The van der Waals surface area contributed by atoms with E-state index in [0.29, 0.717) is 12.1 Å². The Kier molecular flexibility index (Phi) is 12.0.